The Morgan fingerprint density at radius 3 is 2.82 bits per heavy atom. The first-order valence-electron chi connectivity index (χ1n) is 7.97. The highest BCUT2D eigenvalue weighted by atomic mass is 16.5. The van der Waals surface area contributed by atoms with Gasteiger partial charge in [-0.3, -0.25) is 9.69 Å². The Balaban J connectivity index is 1.66. The highest BCUT2D eigenvalue weighted by molar-refractivity contribution is 5.78. The van der Waals surface area contributed by atoms with E-state index in [0.717, 1.165) is 6.54 Å². The van der Waals surface area contributed by atoms with Crippen LogP contribution in [0.4, 0.5) is 0 Å². The van der Waals surface area contributed by atoms with Gasteiger partial charge in [-0.2, -0.15) is 0 Å². The molecule has 0 radical (unpaired) electrons. The van der Waals surface area contributed by atoms with E-state index >= 15 is 0 Å². The largest absolute Gasteiger partial charge is 0.493 e. The predicted molar refractivity (Wildman–Crippen MR) is 86.4 cm³/mol. The van der Waals surface area contributed by atoms with Crippen LogP contribution in [0.3, 0.4) is 0 Å². The van der Waals surface area contributed by atoms with Crippen LogP contribution in [0.25, 0.3) is 0 Å². The summed E-state index contributed by atoms with van der Waals surface area (Å²) in [6, 6.07) is 8.01. The smallest absolute Gasteiger partial charge is 0.234 e. The van der Waals surface area contributed by atoms with Gasteiger partial charge in [0.15, 0.2) is 11.5 Å². The van der Waals surface area contributed by atoms with Crippen molar-refractivity contribution < 1.29 is 14.3 Å². The van der Waals surface area contributed by atoms with E-state index in [4.69, 9.17) is 9.47 Å². The molecule has 1 atom stereocenters. The van der Waals surface area contributed by atoms with Crippen LogP contribution < -0.4 is 14.8 Å². The molecule has 1 unspecified atom stereocenters. The first-order chi connectivity index (χ1) is 10.7. The number of rotatable bonds is 7. The molecule has 0 aliphatic carbocycles. The van der Waals surface area contributed by atoms with Crippen molar-refractivity contribution in [3.8, 4) is 11.5 Å². The molecule has 122 valence electrons. The molecule has 5 heteroatoms. The van der Waals surface area contributed by atoms with Crippen LogP contribution in [0.1, 0.15) is 26.2 Å². The highest BCUT2D eigenvalue weighted by Gasteiger charge is 2.20. The molecule has 1 heterocycles. The molecular formula is C17H26N2O3. The summed E-state index contributed by atoms with van der Waals surface area (Å²) in [5, 5.41) is 2.91. The third-order valence-corrected chi connectivity index (χ3v) is 4.04. The lowest BCUT2D eigenvalue weighted by molar-refractivity contribution is -0.123. The number of piperidine rings is 1. The molecule has 1 N–H and O–H groups in total. The predicted octanol–water partition coefficient (Wildman–Crippen LogP) is 2.06. The Hall–Kier alpha value is -1.75. The lowest BCUT2D eigenvalue weighted by Gasteiger charge is -2.32. The molecule has 2 rings (SSSR count). The van der Waals surface area contributed by atoms with Crippen molar-refractivity contribution in [1.82, 2.24) is 10.2 Å². The topological polar surface area (TPSA) is 50.8 Å². The summed E-state index contributed by atoms with van der Waals surface area (Å²) >= 11 is 0. The fourth-order valence-corrected chi connectivity index (χ4v) is 2.72. The summed E-state index contributed by atoms with van der Waals surface area (Å²) in [7, 11) is 1.61. The van der Waals surface area contributed by atoms with Crippen molar-refractivity contribution in [2.45, 2.75) is 32.2 Å². The minimum Gasteiger partial charge on any atom is -0.493 e. The zero-order valence-electron chi connectivity index (χ0n) is 13.5. The molecule has 0 spiro atoms. The Bertz CT molecular complexity index is 479. The van der Waals surface area contributed by atoms with Gasteiger partial charge in [0, 0.05) is 6.04 Å². The van der Waals surface area contributed by atoms with Gasteiger partial charge in [-0.25, -0.2) is 0 Å². The molecule has 1 fully saturated rings. The molecule has 1 aromatic rings. The van der Waals surface area contributed by atoms with Crippen LogP contribution in [0.15, 0.2) is 24.3 Å². The van der Waals surface area contributed by atoms with Crippen LogP contribution in [0.2, 0.25) is 0 Å². The van der Waals surface area contributed by atoms with Gasteiger partial charge in [0.25, 0.3) is 0 Å². The molecule has 0 bridgehead atoms. The molecule has 1 aliphatic rings. The molecule has 5 nitrogen and oxygen atoms in total. The summed E-state index contributed by atoms with van der Waals surface area (Å²) in [4.78, 5) is 14.2. The maximum atomic E-state index is 12.0. The second kappa shape index (κ2) is 8.63. The van der Waals surface area contributed by atoms with Gasteiger partial charge in [0.05, 0.1) is 20.2 Å². The molecule has 1 saturated heterocycles. The average molecular weight is 306 g/mol. The number of likely N-dealkylation sites (tertiary alicyclic amines) is 1. The van der Waals surface area contributed by atoms with Gasteiger partial charge in [0.1, 0.15) is 6.61 Å². The maximum absolute atomic E-state index is 12.0. The first-order valence-corrected chi connectivity index (χ1v) is 7.97. The number of benzene rings is 1. The molecule has 0 aromatic heterocycles. The quantitative estimate of drug-likeness (QED) is 0.784. The number of methoxy groups -OCH3 is 1. The fourth-order valence-electron chi connectivity index (χ4n) is 2.72. The maximum Gasteiger partial charge on any atom is 0.234 e. The van der Waals surface area contributed by atoms with E-state index in [0.29, 0.717) is 37.2 Å². The summed E-state index contributed by atoms with van der Waals surface area (Å²) in [6.07, 6.45) is 3.64. The van der Waals surface area contributed by atoms with Crippen molar-refractivity contribution in [2.24, 2.45) is 0 Å². The van der Waals surface area contributed by atoms with Crippen LogP contribution in [-0.4, -0.2) is 50.2 Å². The minimum atomic E-state index is 0.0670. The van der Waals surface area contributed by atoms with Crippen molar-refractivity contribution >= 4 is 5.91 Å². The first kappa shape index (κ1) is 16.6. The van der Waals surface area contributed by atoms with E-state index in [2.05, 4.69) is 17.1 Å². The molecular weight excluding hydrogens is 280 g/mol. The SMILES string of the molecule is COc1ccccc1OCCNC(=O)CN1CCCCC1C. The van der Waals surface area contributed by atoms with Gasteiger partial charge in [-0.05, 0) is 38.4 Å². The van der Waals surface area contributed by atoms with Gasteiger partial charge >= 0.3 is 0 Å². The lowest BCUT2D eigenvalue weighted by Crippen LogP contribution is -2.44. The number of amides is 1. The lowest BCUT2D eigenvalue weighted by atomic mass is 10.0. The fraction of sp³-hybridized carbons (Fsp3) is 0.588. The normalized spacial score (nSPS) is 18.7. The number of carbonyl (C=O) groups is 1. The molecule has 0 saturated carbocycles. The van der Waals surface area contributed by atoms with Gasteiger partial charge < -0.3 is 14.8 Å². The molecule has 1 aromatic carbocycles. The summed E-state index contributed by atoms with van der Waals surface area (Å²) in [6.45, 7) is 4.63. The van der Waals surface area contributed by atoms with Gasteiger partial charge in [0.2, 0.25) is 5.91 Å². The van der Waals surface area contributed by atoms with E-state index < -0.39 is 0 Å². The van der Waals surface area contributed by atoms with E-state index in [9.17, 15) is 4.79 Å². The van der Waals surface area contributed by atoms with Crippen LogP contribution in [0.5, 0.6) is 11.5 Å². The summed E-state index contributed by atoms with van der Waals surface area (Å²) in [5.41, 5.74) is 0. The Morgan fingerprint density at radius 1 is 1.32 bits per heavy atom. The highest BCUT2D eigenvalue weighted by Crippen LogP contribution is 2.25. The van der Waals surface area contributed by atoms with E-state index in [1.807, 2.05) is 24.3 Å². The standard InChI is InChI=1S/C17H26N2O3/c1-14-7-5-6-11-19(14)13-17(20)18-10-12-22-16-9-4-3-8-15(16)21-2/h3-4,8-9,14H,5-7,10-13H2,1-2H3,(H,18,20). The van der Waals surface area contributed by atoms with Crippen molar-refractivity contribution in [1.29, 1.82) is 0 Å². The van der Waals surface area contributed by atoms with Gasteiger partial charge in [-0.15, -0.1) is 0 Å². The third kappa shape index (κ3) is 4.91. The Morgan fingerprint density at radius 2 is 2.09 bits per heavy atom. The zero-order chi connectivity index (χ0) is 15.8. The number of nitrogens with one attached hydrogen (secondary N) is 1. The van der Waals surface area contributed by atoms with Gasteiger partial charge in [-0.1, -0.05) is 18.6 Å². The summed E-state index contributed by atoms with van der Waals surface area (Å²) in [5.74, 6) is 1.47. The molecule has 1 amide bonds. The number of ether oxygens (including phenoxy) is 2. The number of carbonyl (C=O) groups excluding carboxylic acids is 1. The van der Waals surface area contributed by atoms with E-state index in [1.54, 1.807) is 7.11 Å². The molecule has 1 aliphatic heterocycles. The Labute approximate surface area is 132 Å². The monoisotopic (exact) mass is 306 g/mol. The Kier molecular flexibility index (Phi) is 6.52. The van der Waals surface area contributed by atoms with Crippen LogP contribution in [0, 0.1) is 0 Å². The van der Waals surface area contributed by atoms with Crippen molar-refractivity contribution in [3.05, 3.63) is 24.3 Å². The van der Waals surface area contributed by atoms with Crippen LogP contribution in [-0.2, 0) is 4.79 Å². The van der Waals surface area contributed by atoms with E-state index in [1.165, 1.54) is 19.3 Å². The second-order valence-corrected chi connectivity index (χ2v) is 5.66. The van der Waals surface area contributed by atoms with Crippen molar-refractivity contribution in [3.63, 3.8) is 0 Å². The zero-order valence-corrected chi connectivity index (χ0v) is 13.5. The van der Waals surface area contributed by atoms with E-state index in [-0.39, 0.29) is 5.91 Å². The average Bonchev–Trinajstić information content (AvgIpc) is 2.54. The summed E-state index contributed by atoms with van der Waals surface area (Å²) < 4.78 is 10.9. The minimum absolute atomic E-state index is 0.0670. The second-order valence-electron chi connectivity index (χ2n) is 5.66. The number of nitrogens with zero attached hydrogens (tertiary/aromatic N) is 1. The molecule has 22 heavy (non-hydrogen) atoms. The number of para-hydroxylation sites is 2. The number of hydrogen-bond donors (Lipinski definition) is 1. The third-order valence-electron chi connectivity index (χ3n) is 4.04. The van der Waals surface area contributed by atoms with Crippen molar-refractivity contribution in [2.75, 3.05) is 33.4 Å². The number of hydrogen-bond acceptors (Lipinski definition) is 4. The van der Waals surface area contributed by atoms with Crippen LogP contribution >= 0.6 is 0 Å².